The fraction of sp³-hybridized carbons (Fsp3) is 0.381. The fourth-order valence-corrected chi connectivity index (χ4v) is 3.71. The van der Waals surface area contributed by atoms with Gasteiger partial charge in [0.2, 0.25) is 10.0 Å². The minimum Gasteiger partial charge on any atom is -0.492 e. The number of hydrogen-bond donors (Lipinski definition) is 1. The molecule has 2 N–H and O–H groups in total. The van der Waals surface area contributed by atoms with Gasteiger partial charge in [-0.15, -0.1) is 0 Å². The highest BCUT2D eigenvalue weighted by Crippen LogP contribution is 2.21. The van der Waals surface area contributed by atoms with E-state index in [2.05, 4.69) is 16.4 Å². The van der Waals surface area contributed by atoms with E-state index >= 15 is 0 Å². The molecule has 7 nitrogen and oxygen atoms in total. The van der Waals surface area contributed by atoms with Gasteiger partial charge in [0.1, 0.15) is 18.2 Å². The zero-order valence-corrected chi connectivity index (χ0v) is 17.7. The quantitative estimate of drug-likeness (QED) is 0.549. The van der Waals surface area contributed by atoms with Gasteiger partial charge < -0.3 is 9.30 Å². The number of primary sulfonamides is 1. The monoisotopic (exact) mass is 416 g/mol. The molecule has 0 amide bonds. The Labute approximate surface area is 172 Å². The Kier molecular flexibility index (Phi) is 6.89. The molecule has 2 aromatic carbocycles. The van der Waals surface area contributed by atoms with Gasteiger partial charge >= 0.3 is 0 Å². The van der Waals surface area contributed by atoms with Crippen molar-refractivity contribution in [2.45, 2.75) is 37.8 Å². The maximum absolute atomic E-state index is 11.7. The summed E-state index contributed by atoms with van der Waals surface area (Å²) in [6.45, 7) is 4.94. The van der Waals surface area contributed by atoms with Crippen LogP contribution in [0.3, 0.4) is 0 Å². The third kappa shape index (κ3) is 5.56. The van der Waals surface area contributed by atoms with Gasteiger partial charge in [-0.3, -0.25) is 4.90 Å². The predicted molar refractivity (Wildman–Crippen MR) is 114 cm³/mol. The molecule has 8 heteroatoms. The summed E-state index contributed by atoms with van der Waals surface area (Å²) < 4.78 is 31.3. The van der Waals surface area contributed by atoms with Crippen LogP contribution >= 0.6 is 0 Å². The lowest BCUT2D eigenvalue weighted by atomic mass is 10.3. The number of imidazole rings is 1. The molecule has 0 saturated heterocycles. The molecule has 0 bridgehead atoms. The van der Waals surface area contributed by atoms with Crippen LogP contribution in [-0.2, 0) is 23.1 Å². The molecule has 0 unspecified atom stereocenters. The van der Waals surface area contributed by atoms with E-state index in [1.54, 1.807) is 18.2 Å². The number of rotatable bonds is 10. The summed E-state index contributed by atoms with van der Waals surface area (Å²) in [5.41, 5.74) is 1.58. The predicted octanol–water partition coefficient (Wildman–Crippen LogP) is 2.99. The van der Waals surface area contributed by atoms with E-state index in [0.29, 0.717) is 18.7 Å². The molecule has 0 aliphatic carbocycles. The maximum atomic E-state index is 11.7. The highest BCUT2D eigenvalue weighted by Gasteiger charge is 2.16. The molecule has 0 atom stereocenters. The molecule has 29 heavy (non-hydrogen) atoms. The van der Waals surface area contributed by atoms with Gasteiger partial charge in [0.05, 0.1) is 22.5 Å². The third-order valence-corrected chi connectivity index (χ3v) is 5.67. The van der Waals surface area contributed by atoms with Crippen molar-refractivity contribution in [3.63, 3.8) is 0 Å². The van der Waals surface area contributed by atoms with Crippen LogP contribution in [0.15, 0.2) is 53.4 Å². The Morgan fingerprint density at radius 3 is 2.62 bits per heavy atom. The maximum Gasteiger partial charge on any atom is 0.238 e. The number of nitrogens with two attached hydrogens (primary N) is 1. The average Bonchev–Trinajstić information content (AvgIpc) is 3.02. The minimum absolute atomic E-state index is 0.0845. The van der Waals surface area contributed by atoms with Crippen LogP contribution in [-0.4, -0.2) is 43.1 Å². The first-order chi connectivity index (χ1) is 13.9. The van der Waals surface area contributed by atoms with Crippen molar-refractivity contribution in [3.05, 3.63) is 54.4 Å². The van der Waals surface area contributed by atoms with Crippen LogP contribution in [0.1, 0.15) is 25.6 Å². The highest BCUT2D eigenvalue weighted by atomic mass is 32.2. The standard InChI is InChI=1S/C21H28N4O3S/c1-3-4-12-25-20-11-10-18(29(22,26)27)15-19(20)23-21(25)16-24(2)13-14-28-17-8-6-5-7-9-17/h5-11,15H,3-4,12-14,16H2,1-2H3,(H2,22,26,27). The van der Waals surface area contributed by atoms with E-state index < -0.39 is 10.0 Å². The molecule has 0 saturated carbocycles. The van der Waals surface area contributed by atoms with Crippen molar-refractivity contribution in [3.8, 4) is 5.75 Å². The Bertz CT molecular complexity index is 1050. The Hall–Kier alpha value is -2.42. The molecule has 0 radical (unpaired) electrons. The molecular formula is C21H28N4O3S. The Morgan fingerprint density at radius 1 is 1.17 bits per heavy atom. The topological polar surface area (TPSA) is 90.4 Å². The molecule has 0 aliphatic rings. The zero-order chi connectivity index (χ0) is 20.9. The molecule has 3 rings (SSSR count). The molecule has 0 fully saturated rings. The summed E-state index contributed by atoms with van der Waals surface area (Å²) in [6, 6.07) is 14.6. The molecule has 3 aromatic rings. The van der Waals surface area contributed by atoms with Crippen LogP contribution < -0.4 is 9.88 Å². The SMILES string of the molecule is CCCCn1c(CN(C)CCOc2ccccc2)nc2cc(S(N)(=O)=O)ccc21. The van der Waals surface area contributed by atoms with Gasteiger partial charge in [-0.05, 0) is 43.8 Å². The van der Waals surface area contributed by atoms with Crippen LogP contribution in [0.25, 0.3) is 11.0 Å². The second-order valence-electron chi connectivity index (χ2n) is 7.13. The van der Waals surface area contributed by atoms with E-state index in [-0.39, 0.29) is 4.90 Å². The zero-order valence-electron chi connectivity index (χ0n) is 16.9. The minimum atomic E-state index is -3.75. The molecule has 1 heterocycles. The molecular weight excluding hydrogens is 388 g/mol. The number of nitrogens with zero attached hydrogens (tertiary/aromatic N) is 3. The van der Waals surface area contributed by atoms with E-state index in [1.807, 2.05) is 37.4 Å². The largest absolute Gasteiger partial charge is 0.492 e. The lowest BCUT2D eigenvalue weighted by Crippen LogP contribution is -2.25. The summed E-state index contributed by atoms with van der Waals surface area (Å²) in [6.07, 6.45) is 2.09. The van der Waals surface area contributed by atoms with Crippen LogP contribution in [0.2, 0.25) is 0 Å². The second kappa shape index (κ2) is 9.39. The van der Waals surface area contributed by atoms with Gasteiger partial charge in [-0.25, -0.2) is 18.5 Å². The number of likely N-dealkylation sites (N-methyl/N-ethyl adjacent to an activating group) is 1. The number of para-hydroxylation sites is 1. The lowest BCUT2D eigenvalue weighted by Gasteiger charge is -2.18. The van der Waals surface area contributed by atoms with Crippen molar-refractivity contribution in [1.82, 2.24) is 14.5 Å². The number of unbranched alkanes of at least 4 members (excludes halogenated alkanes) is 1. The first kappa shape index (κ1) is 21.3. The number of hydrogen-bond acceptors (Lipinski definition) is 5. The van der Waals surface area contributed by atoms with E-state index in [0.717, 1.165) is 43.0 Å². The number of sulfonamides is 1. The van der Waals surface area contributed by atoms with Gasteiger partial charge in [-0.1, -0.05) is 31.5 Å². The lowest BCUT2D eigenvalue weighted by molar-refractivity contribution is 0.228. The Balaban J connectivity index is 1.75. The van der Waals surface area contributed by atoms with Crippen molar-refractivity contribution < 1.29 is 13.2 Å². The van der Waals surface area contributed by atoms with Crippen molar-refractivity contribution >= 4 is 21.1 Å². The Morgan fingerprint density at radius 2 is 1.93 bits per heavy atom. The number of ether oxygens (including phenoxy) is 1. The summed E-state index contributed by atoms with van der Waals surface area (Å²) in [5, 5.41) is 5.27. The van der Waals surface area contributed by atoms with Gasteiger partial charge in [-0.2, -0.15) is 0 Å². The summed E-state index contributed by atoms with van der Waals surface area (Å²) >= 11 is 0. The van der Waals surface area contributed by atoms with Crippen molar-refractivity contribution in [2.75, 3.05) is 20.2 Å². The summed E-state index contributed by atoms with van der Waals surface area (Å²) in [5.74, 6) is 1.76. The summed E-state index contributed by atoms with van der Waals surface area (Å²) in [7, 11) is -1.73. The van der Waals surface area contributed by atoms with Crippen LogP contribution in [0, 0.1) is 0 Å². The van der Waals surface area contributed by atoms with Crippen LogP contribution in [0.4, 0.5) is 0 Å². The van der Waals surface area contributed by atoms with Crippen LogP contribution in [0.5, 0.6) is 5.75 Å². The van der Waals surface area contributed by atoms with E-state index in [1.165, 1.54) is 0 Å². The van der Waals surface area contributed by atoms with Crippen molar-refractivity contribution in [1.29, 1.82) is 0 Å². The van der Waals surface area contributed by atoms with E-state index in [9.17, 15) is 8.42 Å². The third-order valence-electron chi connectivity index (χ3n) is 4.76. The average molecular weight is 417 g/mol. The number of benzene rings is 2. The second-order valence-corrected chi connectivity index (χ2v) is 8.69. The number of fused-ring (bicyclic) bond motifs is 1. The molecule has 156 valence electrons. The van der Waals surface area contributed by atoms with Gasteiger partial charge in [0.25, 0.3) is 0 Å². The normalized spacial score (nSPS) is 12.0. The summed E-state index contributed by atoms with van der Waals surface area (Å²) in [4.78, 5) is 6.94. The van der Waals surface area contributed by atoms with Gasteiger partial charge in [0, 0.05) is 13.1 Å². The fourth-order valence-electron chi connectivity index (χ4n) is 3.18. The first-order valence-electron chi connectivity index (χ1n) is 9.77. The number of aryl methyl sites for hydroxylation is 1. The smallest absolute Gasteiger partial charge is 0.238 e. The molecule has 0 aliphatic heterocycles. The van der Waals surface area contributed by atoms with Gasteiger partial charge in [0.15, 0.2) is 0 Å². The number of aromatic nitrogens is 2. The first-order valence-corrected chi connectivity index (χ1v) is 11.3. The molecule has 0 spiro atoms. The molecule has 1 aromatic heterocycles. The van der Waals surface area contributed by atoms with Crippen molar-refractivity contribution in [2.24, 2.45) is 5.14 Å². The van der Waals surface area contributed by atoms with E-state index in [4.69, 9.17) is 14.9 Å². The highest BCUT2D eigenvalue weighted by molar-refractivity contribution is 7.89.